The van der Waals surface area contributed by atoms with Crippen molar-refractivity contribution in [3.8, 4) is 5.75 Å². The number of nitrogens with zero attached hydrogens (tertiary/aromatic N) is 2. The molecule has 2 aromatic rings. The van der Waals surface area contributed by atoms with Gasteiger partial charge in [-0.05, 0) is 24.6 Å². The van der Waals surface area contributed by atoms with Crippen LogP contribution in [-0.4, -0.2) is 22.6 Å². The molecule has 1 amide bonds. The molecular formula is C13H15N3O2. The lowest BCUT2D eigenvalue weighted by atomic mass is 10.2. The second-order valence-electron chi connectivity index (χ2n) is 3.99. The lowest BCUT2D eigenvalue weighted by Crippen LogP contribution is -2.18. The van der Waals surface area contributed by atoms with Gasteiger partial charge in [0.1, 0.15) is 12.3 Å². The zero-order chi connectivity index (χ0) is 13.0. The number of hydrogen-bond acceptors (Lipinski definition) is 3. The molecule has 0 radical (unpaired) electrons. The van der Waals surface area contributed by atoms with Gasteiger partial charge in [-0.15, -0.1) is 0 Å². The summed E-state index contributed by atoms with van der Waals surface area (Å²) in [5.41, 5.74) is 1.75. The largest absolute Gasteiger partial charge is 0.495 e. The van der Waals surface area contributed by atoms with Crippen LogP contribution in [0.3, 0.4) is 0 Å². The van der Waals surface area contributed by atoms with Gasteiger partial charge in [-0.2, -0.15) is 0 Å². The van der Waals surface area contributed by atoms with Gasteiger partial charge in [-0.25, -0.2) is 4.98 Å². The van der Waals surface area contributed by atoms with Crippen LogP contribution in [0.5, 0.6) is 5.75 Å². The monoisotopic (exact) mass is 245 g/mol. The molecule has 1 N–H and O–H groups in total. The molecule has 1 aromatic heterocycles. The summed E-state index contributed by atoms with van der Waals surface area (Å²) in [6.45, 7) is 2.20. The van der Waals surface area contributed by atoms with E-state index in [4.69, 9.17) is 4.74 Å². The van der Waals surface area contributed by atoms with Gasteiger partial charge in [-0.3, -0.25) is 4.79 Å². The summed E-state index contributed by atoms with van der Waals surface area (Å²) in [5, 5.41) is 2.83. The minimum Gasteiger partial charge on any atom is -0.495 e. The number of nitrogens with one attached hydrogen (secondary N) is 1. The molecule has 2 rings (SSSR count). The van der Waals surface area contributed by atoms with Crippen molar-refractivity contribution >= 4 is 11.6 Å². The quantitative estimate of drug-likeness (QED) is 0.894. The smallest absolute Gasteiger partial charge is 0.244 e. The maximum atomic E-state index is 11.8. The first-order valence-corrected chi connectivity index (χ1v) is 5.59. The minimum absolute atomic E-state index is 0.114. The molecule has 0 aliphatic heterocycles. The molecule has 5 nitrogen and oxygen atoms in total. The SMILES string of the molecule is COc1ccc(C)cc1NC(=O)Cn1ccnc1. The fraction of sp³-hybridized carbons (Fsp3) is 0.231. The van der Waals surface area contributed by atoms with Crippen LogP contribution >= 0.6 is 0 Å². The Morgan fingerprint density at radius 1 is 1.50 bits per heavy atom. The van der Waals surface area contributed by atoms with E-state index in [0.29, 0.717) is 11.4 Å². The Labute approximate surface area is 105 Å². The van der Waals surface area contributed by atoms with Crippen LogP contribution in [0.25, 0.3) is 0 Å². The maximum Gasteiger partial charge on any atom is 0.244 e. The van der Waals surface area contributed by atoms with E-state index >= 15 is 0 Å². The average molecular weight is 245 g/mol. The lowest BCUT2D eigenvalue weighted by molar-refractivity contribution is -0.116. The predicted octanol–water partition coefficient (Wildman–Crippen LogP) is 1.84. The van der Waals surface area contributed by atoms with Gasteiger partial charge >= 0.3 is 0 Å². The van der Waals surface area contributed by atoms with E-state index in [1.807, 2.05) is 25.1 Å². The molecule has 0 unspecified atom stereocenters. The topological polar surface area (TPSA) is 56.1 Å². The molecule has 0 fully saturated rings. The van der Waals surface area contributed by atoms with E-state index in [1.54, 1.807) is 30.4 Å². The molecule has 1 heterocycles. The molecule has 18 heavy (non-hydrogen) atoms. The molecule has 0 saturated carbocycles. The summed E-state index contributed by atoms with van der Waals surface area (Å²) in [7, 11) is 1.58. The van der Waals surface area contributed by atoms with E-state index in [-0.39, 0.29) is 12.5 Å². The first-order valence-electron chi connectivity index (χ1n) is 5.59. The molecule has 0 atom stereocenters. The normalized spacial score (nSPS) is 10.1. The van der Waals surface area contributed by atoms with E-state index in [9.17, 15) is 4.79 Å². The van der Waals surface area contributed by atoms with Crippen LogP contribution in [0.4, 0.5) is 5.69 Å². The molecular weight excluding hydrogens is 230 g/mol. The zero-order valence-corrected chi connectivity index (χ0v) is 10.4. The summed E-state index contributed by atoms with van der Waals surface area (Å²) in [5.74, 6) is 0.538. The van der Waals surface area contributed by atoms with Crippen molar-refractivity contribution in [2.45, 2.75) is 13.5 Å². The molecule has 1 aromatic carbocycles. The van der Waals surface area contributed by atoms with Crippen LogP contribution in [0, 0.1) is 6.92 Å². The number of benzene rings is 1. The fourth-order valence-electron chi connectivity index (χ4n) is 1.66. The molecule has 94 valence electrons. The van der Waals surface area contributed by atoms with Crippen LogP contribution in [0.2, 0.25) is 0 Å². The number of aromatic nitrogens is 2. The van der Waals surface area contributed by atoms with E-state index in [2.05, 4.69) is 10.3 Å². The number of methoxy groups -OCH3 is 1. The Balaban J connectivity index is 2.08. The Morgan fingerprint density at radius 2 is 2.33 bits per heavy atom. The van der Waals surface area contributed by atoms with Gasteiger partial charge in [0.05, 0.1) is 19.1 Å². The van der Waals surface area contributed by atoms with Crippen molar-refractivity contribution in [3.05, 3.63) is 42.5 Å². The highest BCUT2D eigenvalue weighted by Crippen LogP contribution is 2.25. The Hall–Kier alpha value is -2.30. The maximum absolute atomic E-state index is 11.8. The molecule has 0 saturated heterocycles. The first kappa shape index (κ1) is 12.2. The van der Waals surface area contributed by atoms with Gasteiger partial charge in [0.15, 0.2) is 0 Å². The fourth-order valence-corrected chi connectivity index (χ4v) is 1.66. The van der Waals surface area contributed by atoms with Crippen LogP contribution in [-0.2, 0) is 11.3 Å². The van der Waals surface area contributed by atoms with Crippen molar-refractivity contribution in [3.63, 3.8) is 0 Å². The van der Waals surface area contributed by atoms with E-state index < -0.39 is 0 Å². The van der Waals surface area contributed by atoms with Crippen molar-refractivity contribution in [2.24, 2.45) is 0 Å². The van der Waals surface area contributed by atoms with E-state index in [0.717, 1.165) is 5.56 Å². The number of hydrogen-bond donors (Lipinski definition) is 1. The predicted molar refractivity (Wildman–Crippen MR) is 68.6 cm³/mol. The molecule has 0 bridgehead atoms. The summed E-state index contributed by atoms with van der Waals surface area (Å²) < 4.78 is 6.91. The van der Waals surface area contributed by atoms with Gasteiger partial charge in [0.25, 0.3) is 0 Å². The Bertz CT molecular complexity index is 535. The molecule has 0 spiro atoms. The van der Waals surface area contributed by atoms with Crippen molar-refractivity contribution in [1.29, 1.82) is 0 Å². The summed E-state index contributed by atoms with van der Waals surface area (Å²) in [4.78, 5) is 15.7. The highest BCUT2D eigenvalue weighted by molar-refractivity contribution is 5.92. The third kappa shape index (κ3) is 2.88. The highest BCUT2D eigenvalue weighted by Gasteiger charge is 2.08. The van der Waals surface area contributed by atoms with Gasteiger partial charge in [0.2, 0.25) is 5.91 Å². The number of imidazole rings is 1. The van der Waals surface area contributed by atoms with Crippen LogP contribution in [0.1, 0.15) is 5.56 Å². The third-order valence-electron chi connectivity index (χ3n) is 2.51. The molecule has 0 aliphatic rings. The number of anilines is 1. The summed E-state index contributed by atoms with van der Waals surface area (Å²) in [6.07, 6.45) is 4.99. The van der Waals surface area contributed by atoms with Crippen molar-refractivity contribution < 1.29 is 9.53 Å². The van der Waals surface area contributed by atoms with E-state index in [1.165, 1.54) is 0 Å². The number of carbonyl (C=O) groups is 1. The summed E-state index contributed by atoms with van der Waals surface area (Å²) in [6, 6.07) is 5.65. The number of carbonyl (C=O) groups excluding carboxylic acids is 1. The second-order valence-corrected chi connectivity index (χ2v) is 3.99. The van der Waals surface area contributed by atoms with Crippen LogP contribution < -0.4 is 10.1 Å². The lowest BCUT2D eigenvalue weighted by Gasteiger charge is -2.11. The Morgan fingerprint density at radius 3 is 3.00 bits per heavy atom. The van der Waals surface area contributed by atoms with Gasteiger partial charge < -0.3 is 14.6 Å². The number of aryl methyl sites for hydroxylation is 1. The van der Waals surface area contributed by atoms with Crippen molar-refractivity contribution in [2.75, 3.05) is 12.4 Å². The number of rotatable bonds is 4. The standard InChI is InChI=1S/C13H15N3O2/c1-10-3-4-12(18-2)11(7-10)15-13(17)8-16-6-5-14-9-16/h3-7,9H,8H2,1-2H3,(H,15,17). The number of amides is 1. The minimum atomic E-state index is -0.114. The first-order chi connectivity index (χ1) is 8.69. The van der Waals surface area contributed by atoms with Gasteiger partial charge in [0, 0.05) is 12.4 Å². The Kier molecular flexibility index (Phi) is 3.62. The third-order valence-corrected chi connectivity index (χ3v) is 2.51. The number of ether oxygens (including phenoxy) is 1. The van der Waals surface area contributed by atoms with Gasteiger partial charge in [-0.1, -0.05) is 6.07 Å². The van der Waals surface area contributed by atoms with Crippen LogP contribution in [0.15, 0.2) is 36.9 Å². The highest BCUT2D eigenvalue weighted by atomic mass is 16.5. The van der Waals surface area contributed by atoms with Crippen molar-refractivity contribution in [1.82, 2.24) is 9.55 Å². The molecule has 0 aliphatic carbocycles. The second kappa shape index (κ2) is 5.35. The summed E-state index contributed by atoms with van der Waals surface area (Å²) >= 11 is 0. The average Bonchev–Trinajstić information content (AvgIpc) is 2.82. The molecule has 5 heteroatoms. The zero-order valence-electron chi connectivity index (χ0n) is 10.4.